The molecule has 0 spiro atoms. The number of morpholine rings is 1. The van der Waals surface area contributed by atoms with E-state index in [1.807, 2.05) is 12.1 Å². The number of amides is 1. The van der Waals surface area contributed by atoms with E-state index in [2.05, 4.69) is 19.1 Å². The van der Waals surface area contributed by atoms with Gasteiger partial charge in [0.05, 0.1) is 19.1 Å². The molecule has 118 valence electrons. The number of rotatable bonds is 4. The van der Waals surface area contributed by atoms with Crippen LogP contribution in [0.3, 0.4) is 0 Å². The number of hydrogen-bond acceptors (Lipinski definition) is 3. The van der Waals surface area contributed by atoms with Crippen LogP contribution in [0.5, 0.6) is 0 Å². The normalized spacial score (nSPS) is 27.5. The minimum Gasteiger partial charge on any atom is -0.481 e. The lowest BCUT2D eigenvalue weighted by molar-refractivity contribution is -0.148. The number of carboxylic acids is 1. The van der Waals surface area contributed by atoms with Crippen LogP contribution in [0, 0.1) is 12.8 Å². The maximum atomic E-state index is 12.6. The predicted octanol–water partition coefficient (Wildman–Crippen LogP) is 1.80. The van der Waals surface area contributed by atoms with E-state index in [1.54, 1.807) is 4.90 Å². The van der Waals surface area contributed by atoms with Crippen molar-refractivity contribution in [1.82, 2.24) is 4.90 Å². The Morgan fingerprint density at radius 2 is 2.14 bits per heavy atom. The van der Waals surface area contributed by atoms with Gasteiger partial charge in [-0.2, -0.15) is 0 Å². The fourth-order valence-corrected chi connectivity index (χ4v) is 3.29. The van der Waals surface area contributed by atoms with Crippen molar-refractivity contribution in [2.75, 3.05) is 19.7 Å². The lowest BCUT2D eigenvalue weighted by Crippen LogP contribution is -2.47. The topological polar surface area (TPSA) is 66.8 Å². The Morgan fingerprint density at radius 1 is 1.36 bits per heavy atom. The number of carbonyl (C=O) groups excluding carboxylic acids is 1. The second kappa shape index (κ2) is 6.08. The van der Waals surface area contributed by atoms with Gasteiger partial charge in [-0.3, -0.25) is 9.59 Å². The van der Waals surface area contributed by atoms with Gasteiger partial charge in [0.15, 0.2) is 0 Å². The lowest BCUT2D eigenvalue weighted by atomic mass is 10.0. The van der Waals surface area contributed by atoms with Gasteiger partial charge in [0.25, 0.3) is 0 Å². The van der Waals surface area contributed by atoms with Crippen molar-refractivity contribution >= 4 is 11.9 Å². The van der Waals surface area contributed by atoms with Crippen LogP contribution in [0.4, 0.5) is 0 Å². The molecule has 1 aromatic rings. The second-order valence-electron chi connectivity index (χ2n) is 6.18. The van der Waals surface area contributed by atoms with Gasteiger partial charge in [0.1, 0.15) is 0 Å². The number of hydrogen-bond donors (Lipinski definition) is 1. The zero-order valence-electron chi connectivity index (χ0n) is 12.7. The molecule has 1 saturated heterocycles. The molecular weight excluding hydrogens is 282 g/mol. The van der Waals surface area contributed by atoms with E-state index in [1.165, 1.54) is 11.1 Å². The van der Waals surface area contributed by atoms with E-state index in [9.17, 15) is 9.59 Å². The zero-order chi connectivity index (χ0) is 15.7. The molecule has 1 amide bonds. The van der Waals surface area contributed by atoms with Crippen molar-refractivity contribution < 1.29 is 19.4 Å². The highest BCUT2D eigenvalue weighted by molar-refractivity contribution is 5.83. The van der Waals surface area contributed by atoms with Gasteiger partial charge in [-0.1, -0.05) is 24.3 Å². The average Bonchev–Trinajstić information content (AvgIpc) is 3.27. The average molecular weight is 303 g/mol. The van der Waals surface area contributed by atoms with Crippen LogP contribution in [0.25, 0.3) is 0 Å². The Bertz CT molecular complexity index is 586. The summed E-state index contributed by atoms with van der Waals surface area (Å²) in [6.45, 7) is 3.45. The van der Waals surface area contributed by atoms with Crippen molar-refractivity contribution in [2.24, 2.45) is 5.92 Å². The molecule has 1 aliphatic carbocycles. The minimum atomic E-state index is -0.886. The van der Waals surface area contributed by atoms with Crippen molar-refractivity contribution in [3.63, 3.8) is 0 Å². The first-order valence-electron chi connectivity index (χ1n) is 7.74. The molecule has 0 radical (unpaired) electrons. The van der Waals surface area contributed by atoms with Crippen LogP contribution in [-0.2, 0) is 14.3 Å². The zero-order valence-corrected chi connectivity index (χ0v) is 12.7. The highest BCUT2D eigenvalue weighted by Gasteiger charge is 2.46. The summed E-state index contributed by atoms with van der Waals surface area (Å²) < 4.78 is 5.43. The van der Waals surface area contributed by atoms with E-state index in [-0.39, 0.29) is 24.3 Å². The molecule has 1 N–H and O–H groups in total. The van der Waals surface area contributed by atoms with Crippen LogP contribution >= 0.6 is 0 Å². The second-order valence-corrected chi connectivity index (χ2v) is 6.18. The predicted molar refractivity (Wildman–Crippen MR) is 80.6 cm³/mol. The molecule has 2 aliphatic rings. The van der Waals surface area contributed by atoms with Gasteiger partial charge in [-0.05, 0) is 30.4 Å². The molecule has 5 heteroatoms. The standard InChI is InChI=1S/C17H21NO4/c1-11-4-2-3-5-13(11)14-9-15(14)17(21)18-6-7-22-12(10-18)8-16(19)20/h2-5,12,14-15H,6-10H2,1H3,(H,19,20)/t12-,14+,15-/m1/s1. The van der Waals surface area contributed by atoms with Crippen molar-refractivity contribution in [3.8, 4) is 0 Å². The van der Waals surface area contributed by atoms with E-state index in [0.717, 1.165) is 6.42 Å². The van der Waals surface area contributed by atoms with Crippen LogP contribution < -0.4 is 0 Å². The third-order valence-electron chi connectivity index (χ3n) is 4.55. The largest absolute Gasteiger partial charge is 0.481 e. The lowest BCUT2D eigenvalue weighted by Gasteiger charge is -2.32. The molecule has 1 aliphatic heterocycles. The molecule has 0 unspecified atom stereocenters. The Kier molecular flexibility index (Phi) is 4.16. The fraction of sp³-hybridized carbons (Fsp3) is 0.529. The van der Waals surface area contributed by atoms with Crippen LogP contribution in [0.2, 0.25) is 0 Å². The molecule has 0 bridgehead atoms. The van der Waals surface area contributed by atoms with Crippen LogP contribution in [0.15, 0.2) is 24.3 Å². The highest BCUT2D eigenvalue weighted by atomic mass is 16.5. The Morgan fingerprint density at radius 3 is 2.86 bits per heavy atom. The van der Waals surface area contributed by atoms with Crippen molar-refractivity contribution in [1.29, 1.82) is 0 Å². The summed E-state index contributed by atoms with van der Waals surface area (Å²) >= 11 is 0. The van der Waals surface area contributed by atoms with Crippen LogP contribution in [0.1, 0.15) is 29.9 Å². The van der Waals surface area contributed by atoms with Crippen molar-refractivity contribution in [3.05, 3.63) is 35.4 Å². The quantitative estimate of drug-likeness (QED) is 0.921. The summed E-state index contributed by atoms with van der Waals surface area (Å²) in [4.78, 5) is 25.2. The minimum absolute atomic E-state index is 0.0460. The number of nitrogens with zero attached hydrogens (tertiary/aromatic N) is 1. The molecule has 1 heterocycles. The molecule has 1 aromatic carbocycles. The highest BCUT2D eigenvalue weighted by Crippen LogP contribution is 2.49. The summed E-state index contributed by atoms with van der Waals surface area (Å²) in [6.07, 6.45) is 0.464. The molecule has 5 nitrogen and oxygen atoms in total. The van der Waals surface area contributed by atoms with E-state index in [0.29, 0.717) is 25.6 Å². The Hall–Kier alpha value is -1.88. The van der Waals surface area contributed by atoms with Gasteiger partial charge in [-0.25, -0.2) is 0 Å². The Balaban J connectivity index is 1.61. The Labute approximate surface area is 129 Å². The van der Waals surface area contributed by atoms with Gasteiger partial charge < -0.3 is 14.7 Å². The van der Waals surface area contributed by atoms with Gasteiger partial charge in [-0.15, -0.1) is 0 Å². The summed E-state index contributed by atoms with van der Waals surface area (Å²) in [7, 11) is 0. The third kappa shape index (κ3) is 3.14. The van der Waals surface area contributed by atoms with Crippen molar-refractivity contribution in [2.45, 2.75) is 31.8 Å². The molecule has 3 rings (SSSR count). The van der Waals surface area contributed by atoms with Gasteiger partial charge >= 0.3 is 5.97 Å². The van der Waals surface area contributed by atoms with Crippen LogP contribution in [-0.4, -0.2) is 47.7 Å². The molecule has 0 aromatic heterocycles. The molecule has 1 saturated carbocycles. The monoisotopic (exact) mass is 303 g/mol. The van der Waals surface area contributed by atoms with Gasteiger partial charge in [0, 0.05) is 19.0 Å². The number of aryl methyl sites for hydroxylation is 1. The fourth-order valence-electron chi connectivity index (χ4n) is 3.29. The summed E-state index contributed by atoms with van der Waals surface area (Å²) in [5.74, 6) is -0.380. The number of benzene rings is 1. The smallest absolute Gasteiger partial charge is 0.306 e. The van der Waals surface area contributed by atoms with E-state index < -0.39 is 5.97 Å². The molecular formula is C17H21NO4. The van der Waals surface area contributed by atoms with Gasteiger partial charge in [0.2, 0.25) is 5.91 Å². The first kappa shape index (κ1) is 15.0. The summed E-state index contributed by atoms with van der Waals surface area (Å²) in [5, 5.41) is 8.85. The first-order valence-corrected chi connectivity index (χ1v) is 7.74. The summed E-state index contributed by atoms with van der Waals surface area (Å²) in [5.41, 5.74) is 2.49. The van der Waals surface area contributed by atoms with E-state index >= 15 is 0 Å². The SMILES string of the molecule is Cc1ccccc1[C@@H]1C[C@H]1C(=O)N1CCO[C@H](CC(=O)O)C1. The number of aliphatic carboxylic acids is 1. The molecule has 22 heavy (non-hydrogen) atoms. The number of carboxylic acid groups (broad SMARTS) is 1. The third-order valence-corrected chi connectivity index (χ3v) is 4.55. The summed E-state index contributed by atoms with van der Waals surface area (Å²) in [6, 6.07) is 8.20. The molecule has 2 fully saturated rings. The van der Waals surface area contributed by atoms with E-state index in [4.69, 9.17) is 9.84 Å². The maximum absolute atomic E-state index is 12.6. The number of ether oxygens (including phenoxy) is 1. The maximum Gasteiger partial charge on any atom is 0.306 e. The molecule has 3 atom stereocenters. The number of carbonyl (C=O) groups is 2. The first-order chi connectivity index (χ1) is 10.6.